The third-order valence-electron chi connectivity index (χ3n) is 6.84. The molecule has 0 bridgehead atoms. The maximum Gasteiger partial charge on any atom is 0.309 e. The first kappa shape index (κ1) is 29.2. The molecule has 0 aromatic heterocycles. The van der Waals surface area contributed by atoms with Gasteiger partial charge in [-0.15, -0.1) is 12.6 Å². The van der Waals surface area contributed by atoms with Crippen molar-refractivity contribution in [3.05, 3.63) is 0 Å². The number of carboxylic acids is 1. The molecular weight excluding hydrogens is 426 g/mol. The third kappa shape index (κ3) is 10.4. The van der Waals surface area contributed by atoms with E-state index in [9.17, 15) is 14.7 Å². The Morgan fingerprint density at radius 2 is 1.78 bits per heavy atom. The topological polar surface area (TPSA) is 84.9 Å². The van der Waals surface area contributed by atoms with Gasteiger partial charge in [-0.05, 0) is 71.1 Å². The normalized spacial score (nSPS) is 23.3. The minimum atomic E-state index is -0.821. The van der Waals surface area contributed by atoms with Gasteiger partial charge in [0.2, 0.25) is 5.91 Å². The molecular formula is C25H47NO5S. The molecule has 0 aromatic carbocycles. The van der Waals surface area contributed by atoms with Crippen LogP contribution in [0.25, 0.3) is 0 Å². The van der Waals surface area contributed by atoms with Gasteiger partial charge in [0.25, 0.3) is 0 Å². The number of ether oxygens (including phenoxy) is 2. The van der Waals surface area contributed by atoms with Crippen LogP contribution < -0.4 is 5.32 Å². The molecule has 1 amide bonds. The van der Waals surface area contributed by atoms with Crippen LogP contribution in [0.3, 0.4) is 0 Å². The van der Waals surface area contributed by atoms with Gasteiger partial charge in [0.15, 0.2) is 0 Å². The number of carbonyl (C=O) groups excluding carboxylic acids is 1. The molecule has 6 nitrogen and oxygen atoms in total. The fourth-order valence-corrected chi connectivity index (χ4v) is 4.87. The zero-order valence-electron chi connectivity index (χ0n) is 21.1. The fraction of sp³-hybridized carbons (Fsp3) is 0.920. The van der Waals surface area contributed by atoms with Crippen molar-refractivity contribution in [2.75, 3.05) is 13.2 Å². The van der Waals surface area contributed by atoms with Crippen molar-refractivity contribution in [2.24, 2.45) is 17.8 Å². The van der Waals surface area contributed by atoms with Gasteiger partial charge >= 0.3 is 5.97 Å². The second-order valence-corrected chi connectivity index (χ2v) is 11.2. The highest BCUT2D eigenvalue weighted by Gasteiger charge is 2.42. The molecule has 0 aromatic rings. The number of nitrogens with one attached hydrogen (secondary N) is 1. The van der Waals surface area contributed by atoms with E-state index in [1.165, 1.54) is 0 Å². The van der Waals surface area contributed by atoms with E-state index in [4.69, 9.17) is 9.47 Å². The van der Waals surface area contributed by atoms with E-state index in [2.05, 4.69) is 38.7 Å². The van der Waals surface area contributed by atoms with Crippen LogP contribution in [0.15, 0.2) is 0 Å². The lowest BCUT2D eigenvalue weighted by atomic mass is 9.87. The molecule has 1 aliphatic rings. The molecule has 32 heavy (non-hydrogen) atoms. The predicted molar refractivity (Wildman–Crippen MR) is 132 cm³/mol. The lowest BCUT2D eigenvalue weighted by molar-refractivity contribution is -0.149. The molecule has 0 aliphatic heterocycles. The molecule has 0 heterocycles. The van der Waals surface area contributed by atoms with Crippen LogP contribution in [0.1, 0.15) is 99.3 Å². The Balaban J connectivity index is 2.55. The summed E-state index contributed by atoms with van der Waals surface area (Å²) in [4.78, 5) is 23.9. The molecule has 1 rings (SSSR count). The monoisotopic (exact) mass is 473 g/mol. The van der Waals surface area contributed by atoms with E-state index in [0.717, 1.165) is 44.9 Å². The summed E-state index contributed by atoms with van der Waals surface area (Å²) >= 11 is 4.60. The number of carbonyl (C=O) groups is 2. The molecule has 2 N–H and O–H groups in total. The van der Waals surface area contributed by atoms with Crippen molar-refractivity contribution in [1.82, 2.24) is 5.32 Å². The lowest BCUT2D eigenvalue weighted by Crippen LogP contribution is -2.47. The minimum Gasteiger partial charge on any atom is -0.481 e. The summed E-state index contributed by atoms with van der Waals surface area (Å²) in [6.07, 6.45) is 7.91. The SMILES string of the molecule is CCCCC(C)(S)OCCC(C)(C)NC(=O)CO[C@H]1C(CC(CC)CC)CC[C@@H]1C(=O)O. The summed E-state index contributed by atoms with van der Waals surface area (Å²) in [6, 6.07) is 0. The first-order valence-corrected chi connectivity index (χ1v) is 12.9. The Bertz CT molecular complexity index is 577. The van der Waals surface area contributed by atoms with Gasteiger partial charge < -0.3 is 19.9 Å². The van der Waals surface area contributed by atoms with E-state index in [1.54, 1.807) is 0 Å². The number of amides is 1. The highest BCUT2D eigenvalue weighted by Crippen LogP contribution is 2.39. The van der Waals surface area contributed by atoms with Crippen molar-refractivity contribution in [3.63, 3.8) is 0 Å². The standard InChI is InChI=1S/C25H47NO5S/c1-7-10-13-25(6,32)31-15-14-24(4,5)26-21(27)17-30-22-19(16-18(8-2)9-3)11-12-20(22)23(28)29/h18-20,22,32H,7-17H2,1-6H3,(H,26,27)(H,28,29)/t19?,20-,22-,25?/m0/s1. The summed E-state index contributed by atoms with van der Waals surface area (Å²) in [7, 11) is 0. The first-order chi connectivity index (χ1) is 14.9. The summed E-state index contributed by atoms with van der Waals surface area (Å²) in [5, 5.41) is 12.6. The number of unbranched alkanes of at least 4 members (excludes halogenated alkanes) is 1. The summed E-state index contributed by atoms with van der Waals surface area (Å²) in [5.41, 5.74) is -0.453. The van der Waals surface area contributed by atoms with E-state index in [1.807, 2.05) is 20.8 Å². The van der Waals surface area contributed by atoms with Gasteiger partial charge in [-0.25, -0.2) is 0 Å². The Morgan fingerprint density at radius 3 is 2.34 bits per heavy atom. The quantitative estimate of drug-likeness (QED) is 0.205. The van der Waals surface area contributed by atoms with E-state index < -0.39 is 28.5 Å². The van der Waals surface area contributed by atoms with Crippen LogP contribution in [0.4, 0.5) is 0 Å². The molecule has 0 spiro atoms. The smallest absolute Gasteiger partial charge is 0.309 e. The Labute approximate surface area is 201 Å². The van der Waals surface area contributed by atoms with Gasteiger partial charge in [0, 0.05) is 5.54 Å². The van der Waals surface area contributed by atoms with Crippen LogP contribution in [0, 0.1) is 17.8 Å². The van der Waals surface area contributed by atoms with Gasteiger partial charge in [-0.3, -0.25) is 9.59 Å². The number of rotatable bonds is 16. The summed E-state index contributed by atoms with van der Waals surface area (Å²) < 4.78 is 11.9. The Hall–Kier alpha value is -0.790. The molecule has 1 aliphatic carbocycles. The average molecular weight is 474 g/mol. The fourth-order valence-electron chi connectivity index (χ4n) is 4.62. The average Bonchev–Trinajstić information content (AvgIpc) is 3.11. The van der Waals surface area contributed by atoms with Gasteiger partial charge in [0.05, 0.1) is 18.6 Å². The van der Waals surface area contributed by atoms with Crippen LogP contribution in [0.5, 0.6) is 0 Å². The highest BCUT2D eigenvalue weighted by molar-refractivity contribution is 7.81. The van der Waals surface area contributed by atoms with Crippen molar-refractivity contribution >= 4 is 24.5 Å². The number of thiol groups is 1. The highest BCUT2D eigenvalue weighted by atomic mass is 32.1. The third-order valence-corrected chi connectivity index (χ3v) is 7.19. The van der Waals surface area contributed by atoms with Crippen LogP contribution in [-0.2, 0) is 19.1 Å². The minimum absolute atomic E-state index is 0.112. The molecule has 0 radical (unpaired) electrons. The zero-order valence-corrected chi connectivity index (χ0v) is 22.0. The second-order valence-electron chi connectivity index (χ2n) is 10.3. The molecule has 4 atom stereocenters. The van der Waals surface area contributed by atoms with Crippen molar-refractivity contribution < 1.29 is 24.2 Å². The molecule has 7 heteroatoms. The summed E-state index contributed by atoms with van der Waals surface area (Å²) in [5.74, 6) is -0.794. The Kier molecular flexibility index (Phi) is 12.6. The Morgan fingerprint density at radius 1 is 1.12 bits per heavy atom. The molecule has 1 saturated carbocycles. The molecule has 2 unspecified atom stereocenters. The van der Waals surface area contributed by atoms with E-state index >= 15 is 0 Å². The van der Waals surface area contributed by atoms with Gasteiger partial charge in [-0.2, -0.15) is 0 Å². The number of hydrogen-bond acceptors (Lipinski definition) is 5. The predicted octanol–water partition coefficient (Wildman–Crippen LogP) is 5.45. The van der Waals surface area contributed by atoms with Gasteiger partial charge in [0.1, 0.15) is 11.5 Å². The van der Waals surface area contributed by atoms with E-state index in [-0.39, 0.29) is 18.4 Å². The van der Waals surface area contributed by atoms with Crippen molar-refractivity contribution in [3.8, 4) is 0 Å². The zero-order chi connectivity index (χ0) is 24.4. The van der Waals surface area contributed by atoms with Crippen LogP contribution in [-0.4, -0.2) is 46.8 Å². The number of aliphatic carboxylic acids is 1. The largest absolute Gasteiger partial charge is 0.481 e. The van der Waals surface area contributed by atoms with Crippen molar-refractivity contribution in [1.29, 1.82) is 0 Å². The maximum absolute atomic E-state index is 12.6. The first-order valence-electron chi connectivity index (χ1n) is 12.5. The van der Waals surface area contributed by atoms with Crippen LogP contribution in [0.2, 0.25) is 0 Å². The van der Waals surface area contributed by atoms with Gasteiger partial charge in [-0.1, -0.05) is 40.0 Å². The van der Waals surface area contributed by atoms with Crippen LogP contribution >= 0.6 is 12.6 Å². The maximum atomic E-state index is 12.6. The molecule has 1 fully saturated rings. The lowest BCUT2D eigenvalue weighted by Gasteiger charge is -2.30. The molecule has 0 saturated heterocycles. The van der Waals surface area contributed by atoms with Crippen molar-refractivity contribution in [2.45, 2.75) is 116 Å². The van der Waals surface area contributed by atoms with E-state index in [0.29, 0.717) is 25.4 Å². The number of carboxylic acid groups (broad SMARTS) is 1. The second kappa shape index (κ2) is 13.8. The number of hydrogen-bond donors (Lipinski definition) is 3. The summed E-state index contributed by atoms with van der Waals surface area (Å²) in [6.45, 7) is 12.8. The molecule has 188 valence electrons.